The van der Waals surface area contributed by atoms with E-state index in [0.717, 1.165) is 49.5 Å². The van der Waals surface area contributed by atoms with E-state index in [4.69, 9.17) is 40.2 Å². The standard InChI is InChI=1S/C24H30Cl2N4O2S/c1-16(28-24(33)29-19-4-6-20(32-2)7-5-19)23(31)27-14-17-9-11-30(12-10-17)15-18-3-8-21(25)22(26)13-18/h3-8,13,16-17H,9-12,14-15H2,1-2H3,(H,27,31)(H2,28,29,33)/t16-/m0/s1. The molecular weight excluding hydrogens is 479 g/mol. The minimum atomic E-state index is -0.432. The quantitative estimate of drug-likeness (QED) is 0.449. The fourth-order valence-electron chi connectivity index (χ4n) is 3.75. The number of thiocarbonyl (C=S) groups is 1. The molecule has 1 saturated heterocycles. The van der Waals surface area contributed by atoms with Crippen LogP contribution in [0.2, 0.25) is 10.0 Å². The Morgan fingerprint density at radius 3 is 2.48 bits per heavy atom. The van der Waals surface area contributed by atoms with E-state index in [1.165, 1.54) is 0 Å². The Hall–Kier alpha value is -2.06. The molecule has 6 nitrogen and oxygen atoms in total. The number of rotatable bonds is 8. The van der Waals surface area contributed by atoms with Gasteiger partial charge in [0.1, 0.15) is 11.8 Å². The minimum absolute atomic E-state index is 0.0629. The molecule has 3 N–H and O–H groups in total. The Labute approximate surface area is 211 Å². The molecule has 1 heterocycles. The maximum atomic E-state index is 12.5. The summed E-state index contributed by atoms with van der Waals surface area (Å²) in [7, 11) is 1.62. The van der Waals surface area contributed by atoms with E-state index in [2.05, 4.69) is 20.9 Å². The van der Waals surface area contributed by atoms with Gasteiger partial charge < -0.3 is 20.7 Å². The molecule has 0 unspecified atom stereocenters. The zero-order chi connectivity index (χ0) is 23.8. The number of amides is 1. The van der Waals surface area contributed by atoms with Gasteiger partial charge in [0.05, 0.1) is 17.2 Å². The second-order valence-electron chi connectivity index (χ2n) is 8.26. The van der Waals surface area contributed by atoms with Gasteiger partial charge in [-0.2, -0.15) is 0 Å². The van der Waals surface area contributed by atoms with Crippen molar-refractivity contribution in [3.05, 3.63) is 58.1 Å². The van der Waals surface area contributed by atoms with Crippen molar-refractivity contribution in [1.82, 2.24) is 15.5 Å². The van der Waals surface area contributed by atoms with Crippen molar-refractivity contribution >= 4 is 52.1 Å². The first-order valence-electron chi connectivity index (χ1n) is 11.0. The zero-order valence-electron chi connectivity index (χ0n) is 18.9. The number of carbonyl (C=O) groups is 1. The highest BCUT2D eigenvalue weighted by Crippen LogP contribution is 2.24. The molecule has 1 aliphatic rings. The molecule has 0 bridgehead atoms. The number of nitrogens with zero attached hydrogens (tertiary/aromatic N) is 1. The number of hydrogen-bond acceptors (Lipinski definition) is 4. The first kappa shape index (κ1) is 25.6. The molecular formula is C24H30Cl2N4O2S. The number of likely N-dealkylation sites (tertiary alicyclic amines) is 1. The van der Waals surface area contributed by atoms with Crippen LogP contribution >= 0.6 is 35.4 Å². The molecule has 178 valence electrons. The lowest BCUT2D eigenvalue weighted by molar-refractivity contribution is -0.122. The molecule has 0 aliphatic carbocycles. The van der Waals surface area contributed by atoms with Crippen molar-refractivity contribution in [2.75, 3.05) is 32.1 Å². The maximum Gasteiger partial charge on any atom is 0.242 e. The van der Waals surface area contributed by atoms with Gasteiger partial charge in [-0.25, -0.2) is 0 Å². The van der Waals surface area contributed by atoms with E-state index < -0.39 is 6.04 Å². The van der Waals surface area contributed by atoms with Crippen molar-refractivity contribution in [1.29, 1.82) is 0 Å². The van der Waals surface area contributed by atoms with Gasteiger partial charge in [-0.05, 0) is 93.0 Å². The molecule has 2 aromatic rings. The van der Waals surface area contributed by atoms with Gasteiger partial charge in [0.2, 0.25) is 5.91 Å². The molecule has 0 spiro atoms. The van der Waals surface area contributed by atoms with Crippen LogP contribution in [0.1, 0.15) is 25.3 Å². The lowest BCUT2D eigenvalue weighted by atomic mass is 9.96. The Morgan fingerprint density at radius 2 is 1.85 bits per heavy atom. The Kier molecular flexibility index (Phi) is 9.62. The fraction of sp³-hybridized carbons (Fsp3) is 0.417. The molecule has 1 atom stereocenters. The van der Waals surface area contributed by atoms with Crippen LogP contribution in [0.4, 0.5) is 5.69 Å². The maximum absolute atomic E-state index is 12.5. The molecule has 0 saturated carbocycles. The number of halogens is 2. The predicted molar refractivity (Wildman–Crippen MR) is 139 cm³/mol. The summed E-state index contributed by atoms with van der Waals surface area (Å²) in [4.78, 5) is 14.9. The summed E-state index contributed by atoms with van der Waals surface area (Å²) in [6.45, 7) is 5.31. The number of anilines is 1. The number of hydrogen-bond donors (Lipinski definition) is 3. The van der Waals surface area contributed by atoms with Gasteiger partial charge >= 0.3 is 0 Å². The van der Waals surface area contributed by atoms with Crippen molar-refractivity contribution < 1.29 is 9.53 Å². The SMILES string of the molecule is COc1ccc(NC(=S)N[C@@H](C)C(=O)NCC2CCN(Cc3ccc(Cl)c(Cl)c3)CC2)cc1. The average molecular weight is 510 g/mol. The van der Waals surface area contributed by atoms with Crippen molar-refractivity contribution in [3.8, 4) is 5.75 Å². The second kappa shape index (κ2) is 12.4. The molecule has 2 aromatic carbocycles. The summed E-state index contributed by atoms with van der Waals surface area (Å²) >= 11 is 17.5. The Balaban J connectivity index is 1.35. The van der Waals surface area contributed by atoms with Crippen molar-refractivity contribution in [2.45, 2.75) is 32.4 Å². The van der Waals surface area contributed by atoms with E-state index in [0.29, 0.717) is 27.6 Å². The van der Waals surface area contributed by atoms with Crippen LogP contribution in [-0.4, -0.2) is 48.7 Å². The van der Waals surface area contributed by atoms with Crippen LogP contribution in [0.5, 0.6) is 5.75 Å². The van der Waals surface area contributed by atoms with Crippen LogP contribution in [0.25, 0.3) is 0 Å². The van der Waals surface area contributed by atoms with E-state index in [-0.39, 0.29) is 5.91 Å². The topological polar surface area (TPSA) is 65.6 Å². The first-order valence-corrected chi connectivity index (χ1v) is 12.2. The smallest absolute Gasteiger partial charge is 0.242 e. The van der Waals surface area contributed by atoms with E-state index in [1.54, 1.807) is 14.0 Å². The zero-order valence-corrected chi connectivity index (χ0v) is 21.2. The summed E-state index contributed by atoms with van der Waals surface area (Å²) in [6, 6.07) is 12.8. The van der Waals surface area contributed by atoms with Crippen LogP contribution in [0, 0.1) is 5.92 Å². The average Bonchev–Trinajstić information content (AvgIpc) is 2.81. The monoisotopic (exact) mass is 508 g/mol. The lowest BCUT2D eigenvalue weighted by Gasteiger charge is -2.32. The summed E-state index contributed by atoms with van der Waals surface area (Å²) in [5.74, 6) is 1.18. The highest BCUT2D eigenvalue weighted by Gasteiger charge is 2.21. The fourth-order valence-corrected chi connectivity index (χ4v) is 4.36. The molecule has 0 aromatic heterocycles. The summed E-state index contributed by atoms with van der Waals surface area (Å²) in [5.41, 5.74) is 1.99. The van der Waals surface area contributed by atoms with Crippen LogP contribution in [0.15, 0.2) is 42.5 Å². The normalized spacial score (nSPS) is 15.5. The highest BCUT2D eigenvalue weighted by molar-refractivity contribution is 7.80. The largest absolute Gasteiger partial charge is 0.497 e. The van der Waals surface area contributed by atoms with Gasteiger partial charge in [-0.15, -0.1) is 0 Å². The number of methoxy groups -OCH3 is 1. The predicted octanol–water partition coefficient (Wildman–Crippen LogP) is 4.71. The molecule has 3 rings (SSSR count). The Bertz CT molecular complexity index is 950. The first-order chi connectivity index (χ1) is 15.8. The third-order valence-electron chi connectivity index (χ3n) is 5.75. The molecule has 0 radical (unpaired) electrons. The highest BCUT2D eigenvalue weighted by atomic mass is 35.5. The van der Waals surface area contributed by atoms with Gasteiger partial charge in [0.15, 0.2) is 5.11 Å². The Morgan fingerprint density at radius 1 is 1.15 bits per heavy atom. The summed E-state index contributed by atoms with van der Waals surface area (Å²) < 4.78 is 5.15. The number of carbonyl (C=O) groups excluding carboxylic acids is 1. The molecule has 1 fully saturated rings. The summed E-state index contributed by atoms with van der Waals surface area (Å²) in [6.07, 6.45) is 2.09. The van der Waals surface area contributed by atoms with E-state index in [1.807, 2.05) is 42.5 Å². The van der Waals surface area contributed by atoms with Crippen LogP contribution < -0.4 is 20.7 Å². The molecule has 1 amide bonds. The molecule has 1 aliphatic heterocycles. The minimum Gasteiger partial charge on any atom is -0.497 e. The number of piperidine rings is 1. The van der Waals surface area contributed by atoms with Crippen molar-refractivity contribution in [2.24, 2.45) is 5.92 Å². The lowest BCUT2D eigenvalue weighted by Crippen LogP contribution is -2.48. The van der Waals surface area contributed by atoms with E-state index in [9.17, 15) is 4.79 Å². The number of benzene rings is 2. The van der Waals surface area contributed by atoms with Crippen LogP contribution in [-0.2, 0) is 11.3 Å². The van der Waals surface area contributed by atoms with Crippen molar-refractivity contribution in [3.63, 3.8) is 0 Å². The third-order valence-corrected chi connectivity index (χ3v) is 6.71. The van der Waals surface area contributed by atoms with Gasteiger partial charge in [0.25, 0.3) is 0 Å². The van der Waals surface area contributed by atoms with Gasteiger partial charge in [0, 0.05) is 18.8 Å². The van der Waals surface area contributed by atoms with Gasteiger partial charge in [-0.3, -0.25) is 9.69 Å². The molecule has 9 heteroatoms. The second-order valence-corrected chi connectivity index (χ2v) is 9.48. The number of nitrogens with one attached hydrogen (secondary N) is 3. The summed E-state index contributed by atoms with van der Waals surface area (Å²) in [5, 5.41) is 10.7. The number of ether oxygens (including phenoxy) is 1. The van der Waals surface area contributed by atoms with E-state index >= 15 is 0 Å². The third kappa shape index (κ3) is 8.03. The van der Waals surface area contributed by atoms with Crippen LogP contribution in [0.3, 0.4) is 0 Å². The van der Waals surface area contributed by atoms with Gasteiger partial charge in [-0.1, -0.05) is 29.3 Å². The molecule has 33 heavy (non-hydrogen) atoms.